The van der Waals surface area contributed by atoms with Crippen LogP contribution in [0.25, 0.3) is 0 Å². The number of methoxy groups -OCH3 is 3. The Morgan fingerprint density at radius 1 is 1.09 bits per heavy atom. The summed E-state index contributed by atoms with van der Waals surface area (Å²) >= 11 is 0. The smallest absolute Gasteiger partial charge is 0.255 e. The summed E-state index contributed by atoms with van der Waals surface area (Å²) < 4.78 is 15.9. The van der Waals surface area contributed by atoms with E-state index in [1.54, 1.807) is 19.2 Å². The van der Waals surface area contributed by atoms with Gasteiger partial charge in [0.05, 0.1) is 26.9 Å². The first-order valence-electron chi connectivity index (χ1n) is 7.01. The maximum atomic E-state index is 12.5. The average molecular weight is 329 g/mol. The zero-order valence-electron chi connectivity index (χ0n) is 12.8. The molecule has 1 aromatic rings. The van der Waals surface area contributed by atoms with Gasteiger partial charge in [-0.2, -0.15) is 0 Å². The number of rotatable bonds is 5. The first kappa shape index (κ1) is 16.7. The lowest BCUT2D eigenvalue weighted by Gasteiger charge is -2.16. The van der Waals surface area contributed by atoms with E-state index in [0.29, 0.717) is 34.6 Å². The fourth-order valence-corrected chi connectivity index (χ4v) is 3.14. The zero-order chi connectivity index (χ0) is 15.0. The van der Waals surface area contributed by atoms with Gasteiger partial charge in [0.1, 0.15) is 0 Å². The second-order valence-corrected chi connectivity index (χ2v) is 5.37. The fourth-order valence-electron chi connectivity index (χ4n) is 3.14. The SMILES string of the molecule is COc1ccc(C(=O)NC2C3CNCC32)c(OC)c1OC.Cl. The summed E-state index contributed by atoms with van der Waals surface area (Å²) in [5.74, 6) is 2.38. The Morgan fingerprint density at radius 3 is 2.27 bits per heavy atom. The van der Waals surface area contributed by atoms with Gasteiger partial charge in [-0.05, 0) is 24.0 Å². The van der Waals surface area contributed by atoms with Crippen LogP contribution in [0.5, 0.6) is 17.2 Å². The van der Waals surface area contributed by atoms with Gasteiger partial charge in [-0.1, -0.05) is 0 Å². The molecule has 2 N–H and O–H groups in total. The van der Waals surface area contributed by atoms with Crippen molar-refractivity contribution in [1.82, 2.24) is 10.6 Å². The number of carbonyl (C=O) groups excluding carboxylic acids is 1. The first-order chi connectivity index (χ1) is 10.2. The summed E-state index contributed by atoms with van der Waals surface area (Å²) in [6.45, 7) is 1.97. The predicted molar refractivity (Wildman–Crippen MR) is 84.4 cm³/mol. The van der Waals surface area contributed by atoms with Crippen LogP contribution in [0, 0.1) is 11.8 Å². The van der Waals surface area contributed by atoms with Crippen LogP contribution in [0.15, 0.2) is 12.1 Å². The van der Waals surface area contributed by atoms with E-state index in [1.807, 2.05) is 0 Å². The highest BCUT2D eigenvalue weighted by Gasteiger charge is 2.53. The molecule has 6 nitrogen and oxygen atoms in total. The number of halogens is 1. The molecule has 1 amide bonds. The van der Waals surface area contributed by atoms with Crippen LogP contribution in [-0.4, -0.2) is 46.4 Å². The van der Waals surface area contributed by atoms with Crippen molar-refractivity contribution < 1.29 is 19.0 Å². The zero-order valence-corrected chi connectivity index (χ0v) is 13.7. The standard InChI is InChI=1S/C15H20N2O4.ClH/c1-19-11-5-4-8(13(20-2)14(11)21-3)15(18)17-12-9-6-16-7-10(9)12;/h4-5,9-10,12,16H,6-7H2,1-3H3,(H,17,18);1H. The summed E-state index contributed by atoms with van der Waals surface area (Å²) in [7, 11) is 4.60. The third kappa shape index (κ3) is 2.68. The lowest BCUT2D eigenvalue weighted by Crippen LogP contribution is -2.32. The van der Waals surface area contributed by atoms with Crippen molar-refractivity contribution in [2.75, 3.05) is 34.4 Å². The van der Waals surface area contributed by atoms with Gasteiger partial charge in [-0.3, -0.25) is 4.79 Å². The van der Waals surface area contributed by atoms with E-state index >= 15 is 0 Å². The lowest BCUT2D eigenvalue weighted by atomic mass is 10.1. The van der Waals surface area contributed by atoms with Crippen molar-refractivity contribution in [3.05, 3.63) is 17.7 Å². The molecular formula is C15H21ClN2O4. The Balaban J connectivity index is 0.00000176. The second-order valence-electron chi connectivity index (χ2n) is 5.37. The van der Waals surface area contributed by atoms with Gasteiger partial charge in [0.25, 0.3) is 5.91 Å². The van der Waals surface area contributed by atoms with Crippen molar-refractivity contribution >= 4 is 18.3 Å². The Kier molecular flexibility index (Phi) is 5.03. The first-order valence-corrected chi connectivity index (χ1v) is 7.01. The molecule has 22 heavy (non-hydrogen) atoms. The van der Waals surface area contributed by atoms with Crippen LogP contribution < -0.4 is 24.8 Å². The van der Waals surface area contributed by atoms with Gasteiger partial charge in [0.15, 0.2) is 11.5 Å². The molecule has 3 rings (SSSR count). The van der Waals surface area contributed by atoms with Gasteiger partial charge in [-0.25, -0.2) is 0 Å². The normalized spacial score (nSPS) is 24.8. The van der Waals surface area contributed by atoms with Crippen LogP contribution in [0.4, 0.5) is 0 Å². The summed E-state index contributed by atoms with van der Waals surface area (Å²) in [5.41, 5.74) is 0.466. The molecule has 0 aromatic heterocycles. The summed E-state index contributed by atoms with van der Waals surface area (Å²) in [5, 5.41) is 6.39. The molecule has 122 valence electrons. The predicted octanol–water partition coefficient (Wildman–Crippen LogP) is 1.08. The van der Waals surface area contributed by atoms with E-state index in [-0.39, 0.29) is 24.4 Å². The minimum Gasteiger partial charge on any atom is -0.493 e. The number of ether oxygens (including phenoxy) is 3. The van der Waals surface area contributed by atoms with Crippen LogP contribution in [0.2, 0.25) is 0 Å². The van der Waals surface area contributed by atoms with Crippen LogP contribution >= 0.6 is 12.4 Å². The highest BCUT2D eigenvalue weighted by atomic mass is 35.5. The van der Waals surface area contributed by atoms with Crippen molar-refractivity contribution in [1.29, 1.82) is 0 Å². The van der Waals surface area contributed by atoms with Gasteiger partial charge in [-0.15, -0.1) is 12.4 Å². The van der Waals surface area contributed by atoms with Crippen LogP contribution in [-0.2, 0) is 0 Å². The molecule has 1 aromatic carbocycles. The third-order valence-corrected chi connectivity index (χ3v) is 4.34. The number of benzene rings is 1. The molecule has 1 saturated carbocycles. The lowest BCUT2D eigenvalue weighted by molar-refractivity contribution is 0.0942. The fraction of sp³-hybridized carbons (Fsp3) is 0.533. The monoisotopic (exact) mass is 328 g/mol. The Bertz CT molecular complexity index is 557. The Hall–Kier alpha value is -1.66. The molecule has 0 bridgehead atoms. The molecular weight excluding hydrogens is 308 g/mol. The topological polar surface area (TPSA) is 68.8 Å². The van der Waals surface area contributed by atoms with Gasteiger partial charge in [0, 0.05) is 19.1 Å². The van der Waals surface area contributed by atoms with Crippen molar-refractivity contribution in [2.24, 2.45) is 11.8 Å². The van der Waals surface area contributed by atoms with Crippen molar-refractivity contribution in [3.63, 3.8) is 0 Å². The Labute approximate surface area is 135 Å². The number of nitrogens with one attached hydrogen (secondary N) is 2. The van der Waals surface area contributed by atoms with E-state index in [0.717, 1.165) is 13.1 Å². The highest BCUT2D eigenvalue weighted by Crippen LogP contribution is 2.43. The van der Waals surface area contributed by atoms with Crippen molar-refractivity contribution in [3.8, 4) is 17.2 Å². The maximum absolute atomic E-state index is 12.5. The van der Waals surface area contributed by atoms with Crippen LogP contribution in [0.1, 0.15) is 10.4 Å². The molecule has 0 spiro atoms. The van der Waals surface area contributed by atoms with E-state index < -0.39 is 0 Å². The minimum atomic E-state index is -0.132. The van der Waals surface area contributed by atoms with E-state index in [2.05, 4.69) is 10.6 Å². The van der Waals surface area contributed by atoms with E-state index in [4.69, 9.17) is 14.2 Å². The molecule has 7 heteroatoms. The number of hydrogen-bond donors (Lipinski definition) is 2. The number of hydrogen-bond acceptors (Lipinski definition) is 5. The number of amides is 1. The van der Waals surface area contributed by atoms with Crippen molar-refractivity contribution in [2.45, 2.75) is 6.04 Å². The molecule has 0 radical (unpaired) electrons. The number of carbonyl (C=O) groups is 1. The molecule has 2 fully saturated rings. The largest absolute Gasteiger partial charge is 0.493 e. The molecule has 1 aliphatic carbocycles. The number of piperidine rings is 1. The average Bonchev–Trinajstić information content (AvgIpc) is 2.94. The molecule has 2 unspecified atom stereocenters. The summed E-state index contributed by atoms with van der Waals surface area (Å²) in [6.07, 6.45) is 0. The number of fused-ring (bicyclic) bond motifs is 1. The third-order valence-electron chi connectivity index (χ3n) is 4.34. The quantitative estimate of drug-likeness (QED) is 0.846. The molecule has 1 heterocycles. The Morgan fingerprint density at radius 2 is 1.73 bits per heavy atom. The molecule has 1 aliphatic heterocycles. The van der Waals surface area contributed by atoms with E-state index in [1.165, 1.54) is 14.2 Å². The second kappa shape index (κ2) is 6.62. The molecule has 2 atom stereocenters. The van der Waals surface area contributed by atoms with Gasteiger partial charge in [0.2, 0.25) is 5.75 Å². The highest BCUT2D eigenvalue weighted by molar-refractivity contribution is 5.98. The van der Waals surface area contributed by atoms with E-state index in [9.17, 15) is 4.79 Å². The minimum absolute atomic E-state index is 0. The molecule has 1 saturated heterocycles. The summed E-state index contributed by atoms with van der Waals surface area (Å²) in [4.78, 5) is 12.5. The molecule has 2 aliphatic rings. The van der Waals surface area contributed by atoms with Crippen LogP contribution in [0.3, 0.4) is 0 Å². The maximum Gasteiger partial charge on any atom is 0.255 e. The summed E-state index contributed by atoms with van der Waals surface area (Å²) in [6, 6.07) is 3.69. The van der Waals surface area contributed by atoms with Gasteiger partial charge >= 0.3 is 0 Å². The van der Waals surface area contributed by atoms with Gasteiger partial charge < -0.3 is 24.8 Å².